The number of nitrogens with two attached hydrogens (primary N) is 1. The Kier molecular flexibility index (Phi) is 4.33. The molecular weight excluding hydrogens is 290 g/mol. The molecular formula is C15H20ClN3O2. The van der Waals surface area contributed by atoms with Crippen LogP contribution in [0.3, 0.4) is 0 Å². The third-order valence-electron chi connectivity index (χ3n) is 3.84. The van der Waals surface area contributed by atoms with E-state index in [4.69, 9.17) is 22.1 Å². The van der Waals surface area contributed by atoms with Crippen molar-refractivity contribution in [1.29, 1.82) is 0 Å². The van der Waals surface area contributed by atoms with E-state index < -0.39 is 6.10 Å². The first-order valence-corrected chi connectivity index (χ1v) is 7.76. The summed E-state index contributed by atoms with van der Waals surface area (Å²) in [5.74, 6) is -0.132. The van der Waals surface area contributed by atoms with E-state index in [1.165, 1.54) is 12.8 Å². The van der Waals surface area contributed by atoms with Crippen LogP contribution in [0.15, 0.2) is 18.2 Å². The van der Waals surface area contributed by atoms with Crippen molar-refractivity contribution in [2.75, 3.05) is 17.2 Å². The minimum Gasteiger partial charge on any atom is -0.381 e. The smallest absolute Gasteiger partial charge is 0.253 e. The predicted octanol–water partition coefficient (Wildman–Crippen LogP) is 2.36. The second-order valence-corrected chi connectivity index (χ2v) is 6.09. The van der Waals surface area contributed by atoms with Gasteiger partial charge in [0.25, 0.3) is 5.91 Å². The molecule has 1 saturated heterocycles. The fraction of sp³-hybridized carbons (Fsp3) is 0.533. The van der Waals surface area contributed by atoms with Gasteiger partial charge in [-0.25, -0.2) is 0 Å². The topological polar surface area (TPSA) is 76.4 Å². The van der Waals surface area contributed by atoms with Crippen LogP contribution in [0.25, 0.3) is 0 Å². The highest BCUT2D eigenvalue weighted by Crippen LogP contribution is 2.32. The molecule has 2 fully saturated rings. The molecule has 5 nitrogen and oxygen atoms in total. The first-order valence-electron chi connectivity index (χ1n) is 7.38. The Labute approximate surface area is 129 Å². The summed E-state index contributed by atoms with van der Waals surface area (Å²) in [6.07, 6.45) is 3.44. The number of hydrogen-bond donors (Lipinski definition) is 3. The summed E-state index contributed by atoms with van der Waals surface area (Å²) in [6.45, 7) is 0.454. The molecule has 1 aliphatic carbocycles. The molecule has 1 aromatic carbocycles. The molecule has 1 aliphatic heterocycles. The largest absolute Gasteiger partial charge is 0.381 e. The fourth-order valence-corrected chi connectivity index (χ4v) is 2.65. The van der Waals surface area contributed by atoms with E-state index >= 15 is 0 Å². The number of halogens is 1. The monoisotopic (exact) mass is 309 g/mol. The normalized spacial score (nSPS) is 24.9. The quantitative estimate of drug-likeness (QED) is 0.780. The number of anilines is 2. The molecule has 1 saturated carbocycles. The van der Waals surface area contributed by atoms with Crippen molar-refractivity contribution in [3.63, 3.8) is 0 Å². The molecule has 6 heteroatoms. The Balaban J connectivity index is 1.68. The molecule has 4 N–H and O–H groups in total. The summed E-state index contributed by atoms with van der Waals surface area (Å²) in [7, 11) is 0. The van der Waals surface area contributed by atoms with Crippen LogP contribution in [0.5, 0.6) is 0 Å². The van der Waals surface area contributed by atoms with Gasteiger partial charge in [0.2, 0.25) is 0 Å². The highest BCUT2D eigenvalue weighted by atomic mass is 35.5. The zero-order valence-electron chi connectivity index (χ0n) is 11.8. The van der Waals surface area contributed by atoms with Crippen LogP contribution in [-0.4, -0.2) is 30.7 Å². The van der Waals surface area contributed by atoms with Crippen LogP contribution in [0.1, 0.15) is 25.7 Å². The molecule has 1 aromatic rings. The maximum absolute atomic E-state index is 12.3. The van der Waals surface area contributed by atoms with Crippen LogP contribution in [-0.2, 0) is 9.53 Å². The highest BCUT2D eigenvalue weighted by molar-refractivity contribution is 6.31. The van der Waals surface area contributed by atoms with Crippen LogP contribution in [0, 0.1) is 0 Å². The van der Waals surface area contributed by atoms with Crippen molar-refractivity contribution in [3.8, 4) is 0 Å². The molecule has 21 heavy (non-hydrogen) atoms. The molecule has 2 atom stereocenters. The lowest BCUT2D eigenvalue weighted by atomic mass is 10.2. The van der Waals surface area contributed by atoms with Gasteiger partial charge in [0.05, 0.1) is 17.5 Å². The lowest BCUT2D eigenvalue weighted by Gasteiger charge is -2.16. The van der Waals surface area contributed by atoms with E-state index in [0.29, 0.717) is 29.7 Å². The van der Waals surface area contributed by atoms with Crippen molar-refractivity contribution in [1.82, 2.24) is 0 Å². The van der Waals surface area contributed by atoms with Crippen molar-refractivity contribution >= 4 is 28.9 Å². The van der Waals surface area contributed by atoms with Crippen molar-refractivity contribution in [2.24, 2.45) is 5.73 Å². The Morgan fingerprint density at radius 1 is 1.29 bits per heavy atom. The summed E-state index contributed by atoms with van der Waals surface area (Å²) >= 11 is 6.03. The lowest BCUT2D eigenvalue weighted by molar-refractivity contribution is -0.126. The Bertz CT molecular complexity index is 534. The maximum atomic E-state index is 12.3. The minimum absolute atomic E-state index is 0.0100. The average Bonchev–Trinajstić information content (AvgIpc) is 3.15. The zero-order chi connectivity index (χ0) is 14.8. The molecule has 1 amide bonds. The van der Waals surface area contributed by atoms with Gasteiger partial charge in [0.1, 0.15) is 6.10 Å². The highest BCUT2D eigenvalue weighted by Gasteiger charge is 2.30. The number of carbonyl (C=O) groups excluding carboxylic acids is 1. The number of rotatable bonds is 5. The number of amides is 1. The first-order chi connectivity index (χ1) is 10.2. The third-order valence-corrected chi connectivity index (χ3v) is 4.07. The molecule has 0 bridgehead atoms. The van der Waals surface area contributed by atoms with E-state index in [0.717, 1.165) is 12.1 Å². The number of benzene rings is 1. The van der Waals surface area contributed by atoms with Crippen LogP contribution in [0.2, 0.25) is 5.02 Å². The van der Waals surface area contributed by atoms with Crippen LogP contribution in [0.4, 0.5) is 11.4 Å². The summed E-state index contributed by atoms with van der Waals surface area (Å²) in [6, 6.07) is 5.98. The van der Waals surface area contributed by atoms with Crippen LogP contribution < -0.4 is 16.4 Å². The van der Waals surface area contributed by atoms with Gasteiger partial charge in [-0.3, -0.25) is 4.79 Å². The molecule has 0 aromatic heterocycles. The van der Waals surface area contributed by atoms with Gasteiger partial charge in [-0.1, -0.05) is 11.6 Å². The third kappa shape index (κ3) is 3.67. The first kappa shape index (κ1) is 14.6. The van der Waals surface area contributed by atoms with Crippen LogP contribution >= 0.6 is 11.6 Å². The molecule has 3 rings (SSSR count). The van der Waals surface area contributed by atoms with E-state index in [9.17, 15) is 4.79 Å². The van der Waals surface area contributed by atoms with E-state index in [-0.39, 0.29) is 12.0 Å². The van der Waals surface area contributed by atoms with Gasteiger partial charge in [-0.05, 0) is 43.9 Å². The second kappa shape index (κ2) is 6.22. The van der Waals surface area contributed by atoms with Crippen molar-refractivity contribution in [3.05, 3.63) is 23.2 Å². The van der Waals surface area contributed by atoms with Crippen molar-refractivity contribution in [2.45, 2.75) is 43.9 Å². The lowest BCUT2D eigenvalue weighted by Crippen LogP contribution is -2.30. The van der Waals surface area contributed by atoms with Gasteiger partial charge >= 0.3 is 0 Å². The molecule has 0 unspecified atom stereocenters. The standard InChI is InChI=1S/C15H20ClN3O2/c16-9-1-5-12(18-10-2-3-10)13(7-9)19-15(20)14-6-4-11(8-17)21-14/h1,5,7,10-11,14,18H,2-4,6,8,17H2,(H,19,20)/t11-,14+/m1/s1. The maximum Gasteiger partial charge on any atom is 0.253 e. The Hall–Kier alpha value is -1.30. The molecule has 0 spiro atoms. The SMILES string of the molecule is NC[C@H]1CC[C@@H](C(=O)Nc2cc(Cl)ccc2NC2CC2)O1. The van der Waals surface area contributed by atoms with Crippen molar-refractivity contribution < 1.29 is 9.53 Å². The van der Waals surface area contributed by atoms with E-state index in [2.05, 4.69) is 10.6 Å². The predicted molar refractivity (Wildman–Crippen MR) is 83.7 cm³/mol. The summed E-state index contributed by atoms with van der Waals surface area (Å²) in [5, 5.41) is 6.91. The molecule has 1 heterocycles. The van der Waals surface area contributed by atoms with Gasteiger partial charge in [-0.2, -0.15) is 0 Å². The van der Waals surface area contributed by atoms with E-state index in [1.54, 1.807) is 6.07 Å². The average molecular weight is 310 g/mol. The summed E-state index contributed by atoms with van der Waals surface area (Å²) < 4.78 is 5.62. The molecule has 2 aliphatic rings. The number of nitrogens with one attached hydrogen (secondary N) is 2. The number of carbonyl (C=O) groups is 1. The van der Waals surface area contributed by atoms with E-state index in [1.807, 2.05) is 12.1 Å². The van der Waals surface area contributed by atoms with Gasteiger partial charge < -0.3 is 21.1 Å². The number of hydrogen-bond acceptors (Lipinski definition) is 4. The zero-order valence-corrected chi connectivity index (χ0v) is 12.5. The Morgan fingerprint density at radius 3 is 2.76 bits per heavy atom. The molecule has 114 valence electrons. The Morgan fingerprint density at radius 2 is 2.10 bits per heavy atom. The van der Waals surface area contributed by atoms with Gasteiger partial charge in [-0.15, -0.1) is 0 Å². The van der Waals surface area contributed by atoms with Gasteiger partial charge in [0, 0.05) is 17.6 Å². The summed E-state index contributed by atoms with van der Waals surface area (Å²) in [4.78, 5) is 12.3. The summed E-state index contributed by atoms with van der Waals surface area (Å²) in [5.41, 5.74) is 7.18. The molecule has 0 radical (unpaired) electrons. The van der Waals surface area contributed by atoms with Gasteiger partial charge in [0.15, 0.2) is 0 Å². The second-order valence-electron chi connectivity index (χ2n) is 5.66. The fourth-order valence-electron chi connectivity index (χ4n) is 2.48. The number of ether oxygens (including phenoxy) is 1. The minimum atomic E-state index is -0.425.